The summed E-state index contributed by atoms with van der Waals surface area (Å²) in [6.07, 6.45) is 0. The van der Waals surface area contributed by atoms with Gasteiger partial charge in [0.1, 0.15) is 22.3 Å². The standard InChI is InChI=1S/C45H27N3O2/c1-2-11-29(12-3-1)43-46-44(48-45(47-43)36-18-10-22-40-42(36)35-16-5-7-20-38(35)50-40)30-25-23-28(24-26-30)31-13-8-14-32(27-31)33-17-9-21-39-41(33)34-15-4-6-19-37(34)49-39/h1-27H/i1D,2D,3D,4D,5D,11D,12D,17D,18D,19D,20D,21D,22D. The van der Waals surface area contributed by atoms with Crippen LogP contribution in [0.1, 0.15) is 17.8 Å². The van der Waals surface area contributed by atoms with Crippen molar-refractivity contribution in [2.24, 2.45) is 0 Å². The van der Waals surface area contributed by atoms with Crippen molar-refractivity contribution in [3.8, 4) is 56.4 Å². The largest absolute Gasteiger partial charge is 0.456 e. The van der Waals surface area contributed by atoms with E-state index in [9.17, 15) is 0 Å². The molecule has 0 saturated heterocycles. The molecule has 0 saturated carbocycles. The van der Waals surface area contributed by atoms with Crippen LogP contribution in [0.25, 0.3) is 100 Å². The highest BCUT2D eigenvalue weighted by Crippen LogP contribution is 2.39. The minimum absolute atomic E-state index is 0.00443. The first-order chi connectivity index (χ1) is 30.1. The summed E-state index contributed by atoms with van der Waals surface area (Å²) in [5, 5.41) is 1.40. The second kappa shape index (κ2) is 11.4. The molecule has 0 atom stereocenters. The molecule has 10 rings (SSSR count). The molecule has 50 heavy (non-hydrogen) atoms. The maximum Gasteiger partial charge on any atom is 0.164 e. The molecule has 3 aromatic heterocycles. The SMILES string of the molecule is [2H]c1cc([2H])c2oc3c([2H])cc([2H])c(-c4cccc(-c5ccc(-c6nc(-c7c([2H])c([2H])c([2H])c([2H])c7[2H])nc(-c7c([2H])cc([2H])c8oc9c([2H])cc([2H])cc9c78)n6)cc5)c4)c3c2c1. The minimum Gasteiger partial charge on any atom is -0.456 e. The zero-order chi connectivity index (χ0) is 44.3. The van der Waals surface area contributed by atoms with Gasteiger partial charge in [-0.1, -0.05) is 133 Å². The van der Waals surface area contributed by atoms with Crippen LogP contribution in [0.2, 0.25) is 0 Å². The third-order valence-corrected chi connectivity index (χ3v) is 8.47. The molecule has 0 aliphatic heterocycles. The molecule has 234 valence electrons. The molecule has 0 unspecified atom stereocenters. The fourth-order valence-electron chi connectivity index (χ4n) is 6.19. The molecule has 0 fully saturated rings. The lowest BCUT2D eigenvalue weighted by molar-refractivity contribution is 0.668. The van der Waals surface area contributed by atoms with Crippen LogP contribution in [0.4, 0.5) is 0 Å². The first-order valence-electron chi connectivity index (χ1n) is 22.0. The molecule has 0 spiro atoms. The monoisotopic (exact) mass is 654 g/mol. The van der Waals surface area contributed by atoms with E-state index in [4.69, 9.17) is 31.6 Å². The number of hydrogen-bond donors (Lipinski definition) is 0. The summed E-state index contributed by atoms with van der Waals surface area (Å²) in [5.74, 6) is -0.401. The number of rotatable bonds is 5. The molecular weight excluding hydrogens is 615 g/mol. The Hall–Kier alpha value is -6.85. The van der Waals surface area contributed by atoms with Crippen molar-refractivity contribution in [1.29, 1.82) is 0 Å². The van der Waals surface area contributed by atoms with Gasteiger partial charge < -0.3 is 8.83 Å². The van der Waals surface area contributed by atoms with Gasteiger partial charge in [0, 0.05) is 38.2 Å². The second-order valence-electron chi connectivity index (χ2n) is 11.4. The smallest absolute Gasteiger partial charge is 0.164 e. The van der Waals surface area contributed by atoms with Gasteiger partial charge in [-0.15, -0.1) is 0 Å². The van der Waals surface area contributed by atoms with Crippen molar-refractivity contribution in [3.63, 3.8) is 0 Å². The summed E-state index contributed by atoms with van der Waals surface area (Å²) in [5.41, 5.74) is 3.32. The first-order valence-corrected chi connectivity index (χ1v) is 15.5. The Kier molecular flexibility index (Phi) is 4.12. The highest BCUT2D eigenvalue weighted by Gasteiger charge is 2.18. The summed E-state index contributed by atoms with van der Waals surface area (Å²) in [7, 11) is 0. The van der Waals surface area contributed by atoms with E-state index < -0.39 is 30.2 Å². The maximum atomic E-state index is 9.05. The fraction of sp³-hybridized carbons (Fsp3) is 0. The van der Waals surface area contributed by atoms with E-state index in [0.29, 0.717) is 27.5 Å². The maximum absolute atomic E-state index is 9.05. The average Bonchev–Trinajstić information content (AvgIpc) is 3.83. The number of aromatic nitrogens is 3. The molecule has 0 aliphatic carbocycles. The van der Waals surface area contributed by atoms with Crippen LogP contribution in [0.15, 0.2) is 172 Å². The molecular formula is C45H27N3O2. The number of para-hydroxylation sites is 2. The lowest BCUT2D eigenvalue weighted by Gasteiger charge is -2.10. The molecule has 0 N–H and O–H groups in total. The van der Waals surface area contributed by atoms with E-state index >= 15 is 0 Å². The van der Waals surface area contributed by atoms with Gasteiger partial charge in [-0.25, -0.2) is 15.0 Å². The summed E-state index contributed by atoms with van der Waals surface area (Å²) in [4.78, 5) is 14.0. The van der Waals surface area contributed by atoms with Crippen molar-refractivity contribution >= 4 is 43.9 Å². The molecule has 0 aliphatic rings. The molecule has 7 aromatic carbocycles. The Labute approximate surface area is 305 Å². The molecule has 5 heteroatoms. The van der Waals surface area contributed by atoms with Crippen molar-refractivity contribution in [2.75, 3.05) is 0 Å². The second-order valence-corrected chi connectivity index (χ2v) is 11.4. The van der Waals surface area contributed by atoms with E-state index in [0.717, 1.165) is 11.1 Å². The predicted molar refractivity (Wildman–Crippen MR) is 202 cm³/mol. The molecule has 0 bridgehead atoms. The van der Waals surface area contributed by atoms with Gasteiger partial charge in [0.25, 0.3) is 0 Å². The number of benzene rings is 7. The van der Waals surface area contributed by atoms with Gasteiger partial charge in [-0.2, -0.15) is 0 Å². The highest BCUT2D eigenvalue weighted by molar-refractivity contribution is 6.13. The lowest BCUT2D eigenvalue weighted by Crippen LogP contribution is -2.00. The van der Waals surface area contributed by atoms with Crippen LogP contribution in [0, 0.1) is 0 Å². The Morgan fingerprint density at radius 1 is 0.380 bits per heavy atom. The Bertz CT molecular complexity index is 3600. The van der Waals surface area contributed by atoms with E-state index in [2.05, 4.69) is 9.97 Å². The van der Waals surface area contributed by atoms with Crippen LogP contribution in [0.5, 0.6) is 0 Å². The molecule has 5 nitrogen and oxygen atoms in total. The van der Waals surface area contributed by atoms with Crippen LogP contribution in [0.3, 0.4) is 0 Å². The normalized spacial score (nSPS) is 15.2. The van der Waals surface area contributed by atoms with Gasteiger partial charge in [0.05, 0.1) is 17.8 Å². The number of furan rings is 2. The molecule has 3 heterocycles. The molecule has 0 radical (unpaired) electrons. The topological polar surface area (TPSA) is 65.0 Å². The van der Waals surface area contributed by atoms with Gasteiger partial charge >= 0.3 is 0 Å². The zero-order valence-electron chi connectivity index (χ0n) is 38.7. The fourth-order valence-corrected chi connectivity index (χ4v) is 6.19. The lowest BCUT2D eigenvalue weighted by atomic mass is 9.95. The van der Waals surface area contributed by atoms with Crippen LogP contribution < -0.4 is 0 Å². The van der Waals surface area contributed by atoms with E-state index in [1.165, 1.54) is 30.3 Å². The van der Waals surface area contributed by atoms with Crippen molar-refractivity contribution < 1.29 is 26.7 Å². The first kappa shape index (κ1) is 18.1. The Morgan fingerprint density at radius 3 is 1.64 bits per heavy atom. The number of nitrogens with zero attached hydrogens (tertiary/aromatic N) is 3. The van der Waals surface area contributed by atoms with E-state index in [-0.39, 0.29) is 110 Å². The van der Waals surface area contributed by atoms with Crippen molar-refractivity contribution in [2.45, 2.75) is 0 Å². The van der Waals surface area contributed by atoms with Gasteiger partial charge in [0.15, 0.2) is 17.5 Å². The highest BCUT2D eigenvalue weighted by atomic mass is 16.3. The summed E-state index contributed by atoms with van der Waals surface area (Å²) >= 11 is 0. The quantitative estimate of drug-likeness (QED) is 0.185. The minimum atomic E-state index is -0.606. The zero-order valence-corrected chi connectivity index (χ0v) is 25.7. The summed E-state index contributed by atoms with van der Waals surface area (Å²) in [6, 6.07) is 19.5. The van der Waals surface area contributed by atoms with Crippen LogP contribution in [-0.4, -0.2) is 15.0 Å². The summed E-state index contributed by atoms with van der Waals surface area (Å²) in [6.45, 7) is 0. The van der Waals surface area contributed by atoms with Gasteiger partial charge in [-0.05, 0) is 52.5 Å². The van der Waals surface area contributed by atoms with Gasteiger partial charge in [0.2, 0.25) is 0 Å². The third kappa shape index (κ3) is 4.67. The number of fused-ring (bicyclic) bond motifs is 6. The van der Waals surface area contributed by atoms with Crippen molar-refractivity contribution in [3.05, 3.63) is 163 Å². The number of hydrogen-bond acceptors (Lipinski definition) is 5. The van der Waals surface area contributed by atoms with E-state index in [1.807, 2.05) is 24.3 Å². The van der Waals surface area contributed by atoms with Crippen molar-refractivity contribution in [1.82, 2.24) is 15.0 Å². The molecule has 0 amide bonds. The Morgan fingerprint density at radius 2 is 0.940 bits per heavy atom. The van der Waals surface area contributed by atoms with Gasteiger partial charge in [-0.3, -0.25) is 0 Å². The third-order valence-electron chi connectivity index (χ3n) is 8.47. The molecule has 10 aromatic rings. The summed E-state index contributed by atoms with van der Waals surface area (Å²) < 4.78 is 123. The predicted octanol–water partition coefficient (Wildman–Crippen LogP) is 12.0. The van der Waals surface area contributed by atoms with Crippen LogP contribution in [-0.2, 0) is 0 Å². The average molecular weight is 655 g/mol. The van der Waals surface area contributed by atoms with Crippen LogP contribution >= 0.6 is 0 Å². The van der Waals surface area contributed by atoms with E-state index in [1.54, 1.807) is 30.3 Å². The Balaban J connectivity index is 1.15.